The second-order valence-corrected chi connectivity index (χ2v) is 11.2. The molecule has 0 aliphatic heterocycles. The lowest BCUT2D eigenvalue weighted by Crippen LogP contribution is -2.14. The Morgan fingerprint density at radius 1 is 0.535 bits per heavy atom. The molecule has 0 saturated heterocycles. The molecule has 6 aromatic carbocycles. The van der Waals surface area contributed by atoms with Crippen molar-refractivity contribution in [2.45, 2.75) is 38.7 Å². The van der Waals surface area contributed by atoms with Crippen LogP contribution in [-0.2, 0) is 25.9 Å². The first-order valence-electron chi connectivity index (χ1n) is 15.3. The van der Waals surface area contributed by atoms with E-state index in [1.807, 2.05) is 30.3 Å². The summed E-state index contributed by atoms with van der Waals surface area (Å²) in [6.45, 7) is 2.87. The number of aryl methyl sites for hydroxylation is 1. The molecular formula is C42H38O. The minimum atomic E-state index is 0.209. The highest BCUT2D eigenvalue weighted by Crippen LogP contribution is 2.39. The van der Waals surface area contributed by atoms with Crippen molar-refractivity contribution >= 4 is 0 Å². The number of hydrogen-bond donors (Lipinski definition) is 0. The topological polar surface area (TPSA) is 9.23 Å². The van der Waals surface area contributed by atoms with E-state index in [4.69, 9.17) is 4.74 Å². The highest BCUT2D eigenvalue weighted by molar-refractivity contribution is 5.72. The van der Waals surface area contributed by atoms with E-state index in [9.17, 15) is 0 Å². The van der Waals surface area contributed by atoms with Crippen LogP contribution in [0.2, 0.25) is 0 Å². The Hall–Kier alpha value is -4.88. The van der Waals surface area contributed by atoms with E-state index in [0.717, 1.165) is 25.0 Å². The molecule has 1 nitrogen and oxygen atoms in total. The lowest BCUT2D eigenvalue weighted by Gasteiger charge is -2.27. The van der Waals surface area contributed by atoms with E-state index in [1.165, 1.54) is 50.1 Å². The summed E-state index contributed by atoms with van der Waals surface area (Å²) in [5.74, 6) is 1.10. The number of para-hydroxylation sites is 1. The molecule has 0 saturated carbocycles. The van der Waals surface area contributed by atoms with Gasteiger partial charge in [-0.15, -0.1) is 0 Å². The number of ether oxygens (including phenoxy) is 1. The summed E-state index contributed by atoms with van der Waals surface area (Å²) in [6, 6.07) is 56.2. The summed E-state index contributed by atoms with van der Waals surface area (Å²) in [5, 5.41) is 0. The van der Waals surface area contributed by atoms with Crippen LogP contribution in [0, 0.1) is 0 Å². The molecule has 0 amide bonds. The maximum absolute atomic E-state index is 6.49. The summed E-state index contributed by atoms with van der Waals surface area (Å²) < 4.78 is 6.49. The smallest absolute Gasteiger partial charge is 0.119 e. The van der Waals surface area contributed by atoms with Crippen molar-refractivity contribution in [1.29, 1.82) is 0 Å². The molecule has 1 atom stereocenters. The van der Waals surface area contributed by atoms with Gasteiger partial charge in [0.05, 0.1) is 0 Å². The van der Waals surface area contributed by atoms with Crippen LogP contribution in [0.15, 0.2) is 158 Å². The van der Waals surface area contributed by atoms with Gasteiger partial charge in [-0.3, -0.25) is 0 Å². The molecule has 1 heteroatoms. The van der Waals surface area contributed by atoms with Crippen LogP contribution in [0.1, 0.15) is 51.8 Å². The Bertz CT molecular complexity index is 1710. The molecule has 1 unspecified atom stereocenters. The van der Waals surface area contributed by atoms with Gasteiger partial charge >= 0.3 is 0 Å². The van der Waals surface area contributed by atoms with Gasteiger partial charge < -0.3 is 4.74 Å². The standard InChI is InChI=1S/C42H38O/c1-32(35-21-11-4-12-22-35)42-37(31-43-38-25-15-6-16-26-38)30-40(36-23-13-5-14-24-36)41(29-34-19-9-3-10-20-34)39(42)28-27-33-17-7-2-8-18-33/h2-26,30,32H,27-29,31H2,1H3. The van der Waals surface area contributed by atoms with Gasteiger partial charge in [-0.2, -0.15) is 0 Å². The van der Waals surface area contributed by atoms with Crippen LogP contribution in [0.3, 0.4) is 0 Å². The molecule has 0 heterocycles. The largest absolute Gasteiger partial charge is 0.489 e. The second-order valence-electron chi connectivity index (χ2n) is 11.2. The lowest BCUT2D eigenvalue weighted by atomic mass is 9.78. The van der Waals surface area contributed by atoms with E-state index < -0.39 is 0 Å². The van der Waals surface area contributed by atoms with Gasteiger partial charge in [0.1, 0.15) is 12.4 Å². The molecule has 0 aliphatic carbocycles. The van der Waals surface area contributed by atoms with E-state index >= 15 is 0 Å². The molecule has 6 aromatic rings. The van der Waals surface area contributed by atoms with Gasteiger partial charge in [-0.25, -0.2) is 0 Å². The molecule has 6 rings (SSSR count). The molecule has 0 bridgehead atoms. The van der Waals surface area contributed by atoms with Gasteiger partial charge in [0.25, 0.3) is 0 Å². The maximum Gasteiger partial charge on any atom is 0.119 e. The second kappa shape index (κ2) is 13.9. The van der Waals surface area contributed by atoms with Gasteiger partial charge in [0, 0.05) is 5.92 Å². The SMILES string of the molecule is CC(c1ccccc1)c1c(COc2ccccc2)cc(-c2ccccc2)c(Cc2ccccc2)c1CCc1ccccc1. The molecule has 0 N–H and O–H groups in total. The molecule has 0 spiro atoms. The van der Waals surface area contributed by atoms with E-state index in [0.29, 0.717) is 6.61 Å². The van der Waals surface area contributed by atoms with Gasteiger partial charge in [0.2, 0.25) is 0 Å². The van der Waals surface area contributed by atoms with E-state index in [1.54, 1.807) is 0 Å². The third kappa shape index (κ3) is 6.96. The minimum absolute atomic E-state index is 0.209. The van der Waals surface area contributed by atoms with Crippen molar-refractivity contribution in [3.63, 3.8) is 0 Å². The van der Waals surface area contributed by atoms with Crippen LogP contribution >= 0.6 is 0 Å². The highest BCUT2D eigenvalue weighted by atomic mass is 16.5. The van der Waals surface area contributed by atoms with E-state index in [-0.39, 0.29) is 5.92 Å². The van der Waals surface area contributed by atoms with Crippen molar-refractivity contribution in [2.24, 2.45) is 0 Å². The Morgan fingerprint density at radius 3 is 1.70 bits per heavy atom. The Labute approximate surface area is 256 Å². The van der Waals surface area contributed by atoms with Crippen LogP contribution in [0.25, 0.3) is 11.1 Å². The lowest BCUT2D eigenvalue weighted by molar-refractivity contribution is 0.304. The number of hydrogen-bond acceptors (Lipinski definition) is 1. The fraction of sp³-hybridized carbons (Fsp3) is 0.143. The molecule has 0 aromatic heterocycles. The molecule has 0 radical (unpaired) electrons. The molecule has 0 fully saturated rings. The number of benzene rings is 6. The fourth-order valence-corrected chi connectivity index (χ4v) is 6.18. The molecule has 0 aliphatic rings. The first-order chi connectivity index (χ1) is 21.3. The summed E-state index contributed by atoms with van der Waals surface area (Å²) in [7, 11) is 0. The van der Waals surface area contributed by atoms with Crippen molar-refractivity contribution in [3.8, 4) is 16.9 Å². The summed E-state index contributed by atoms with van der Waals surface area (Å²) in [6.07, 6.45) is 2.82. The fourth-order valence-electron chi connectivity index (χ4n) is 6.18. The Kier molecular flexibility index (Phi) is 9.10. The quantitative estimate of drug-likeness (QED) is 0.154. The van der Waals surface area contributed by atoms with Crippen molar-refractivity contribution < 1.29 is 4.74 Å². The average molecular weight is 559 g/mol. The predicted octanol–water partition coefficient (Wildman–Crippen LogP) is 10.5. The van der Waals surface area contributed by atoms with Crippen molar-refractivity contribution in [2.75, 3.05) is 0 Å². The first-order valence-corrected chi connectivity index (χ1v) is 15.3. The number of rotatable bonds is 11. The van der Waals surface area contributed by atoms with E-state index in [2.05, 4.69) is 134 Å². The monoisotopic (exact) mass is 558 g/mol. The highest BCUT2D eigenvalue weighted by Gasteiger charge is 2.24. The van der Waals surface area contributed by atoms with Crippen LogP contribution in [-0.4, -0.2) is 0 Å². The maximum atomic E-state index is 6.49. The first kappa shape index (κ1) is 28.2. The summed E-state index contributed by atoms with van der Waals surface area (Å²) >= 11 is 0. The minimum Gasteiger partial charge on any atom is -0.489 e. The van der Waals surface area contributed by atoms with Gasteiger partial charge in [-0.05, 0) is 87.5 Å². The average Bonchev–Trinajstić information content (AvgIpc) is 3.08. The molecule has 212 valence electrons. The zero-order chi connectivity index (χ0) is 29.3. The van der Waals surface area contributed by atoms with Crippen LogP contribution in [0.4, 0.5) is 0 Å². The van der Waals surface area contributed by atoms with Crippen molar-refractivity contribution in [1.82, 2.24) is 0 Å². The van der Waals surface area contributed by atoms with Crippen LogP contribution < -0.4 is 4.74 Å². The zero-order valence-corrected chi connectivity index (χ0v) is 24.8. The normalized spacial score (nSPS) is 11.7. The van der Waals surface area contributed by atoms with Gasteiger partial charge in [0.15, 0.2) is 0 Å². The van der Waals surface area contributed by atoms with Gasteiger partial charge in [-0.1, -0.05) is 146 Å². The third-order valence-electron chi connectivity index (χ3n) is 8.36. The zero-order valence-electron chi connectivity index (χ0n) is 24.8. The molecule has 43 heavy (non-hydrogen) atoms. The summed E-state index contributed by atoms with van der Waals surface area (Å²) in [4.78, 5) is 0. The van der Waals surface area contributed by atoms with Crippen LogP contribution in [0.5, 0.6) is 5.75 Å². The third-order valence-corrected chi connectivity index (χ3v) is 8.36. The Morgan fingerprint density at radius 2 is 1.07 bits per heavy atom. The van der Waals surface area contributed by atoms with Crippen molar-refractivity contribution in [3.05, 3.63) is 197 Å². The molecular weight excluding hydrogens is 520 g/mol. The summed E-state index contributed by atoms with van der Waals surface area (Å²) in [5.41, 5.74) is 12.0. The predicted molar refractivity (Wildman–Crippen MR) is 180 cm³/mol. The Balaban J connectivity index is 1.57.